The van der Waals surface area contributed by atoms with Gasteiger partial charge < -0.3 is 23.7 Å². The van der Waals surface area contributed by atoms with E-state index in [0.29, 0.717) is 26.4 Å². The lowest BCUT2D eigenvalue weighted by molar-refractivity contribution is -0.187. The van der Waals surface area contributed by atoms with Gasteiger partial charge in [-0.25, -0.2) is 0 Å². The van der Waals surface area contributed by atoms with Gasteiger partial charge in [-0.05, 0) is 13.8 Å². The topological polar surface area (TPSA) is 80.3 Å². The summed E-state index contributed by atoms with van der Waals surface area (Å²) >= 11 is 0. The fourth-order valence-electron chi connectivity index (χ4n) is 2.04. The van der Waals surface area contributed by atoms with Crippen LogP contribution in [0.5, 0.6) is 0 Å². The predicted molar refractivity (Wildman–Crippen MR) is 61.0 cm³/mol. The molecule has 0 aromatic heterocycles. The maximum Gasteiger partial charge on any atom is 0.318 e. The third kappa shape index (κ3) is 3.97. The van der Waals surface area contributed by atoms with Crippen molar-refractivity contribution < 1.29 is 33.3 Å². The Morgan fingerprint density at radius 3 is 1.47 bits per heavy atom. The highest BCUT2D eigenvalue weighted by Gasteiger charge is 2.37. The van der Waals surface area contributed by atoms with Crippen molar-refractivity contribution in [3.63, 3.8) is 0 Å². The normalized spacial score (nSPS) is 24.3. The van der Waals surface area contributed by atoms with E-state index in [2.05, 4.69) is 0 Å². The summed E-state index contributed by atoms with van der Waals surface area (Å²) < 4.78 is 25.8. The first kappa shape index (κ1) is 14.4. The van der Waals surface area contributed by atoms with Crippen LogP contribution in [0.15, 0.2) is 0 Å². The van der Waals surface area contributed by atoms with E-state index in [9.17, 15) is 9.59 Å². The smallest absolute Gasteiger partial charge is 0.318 e. The summed E-state index contributed by atoms with van der Waals surface area (Å²) in [6, 6.07) is 0. The molecule has 2 saturated heterocycles. The molecule has 0 spiro atoms. The van der Waals surface area contributed by atoms with E-state index in [1.54, 1.807) is 13.8 Å². The Morgan fingerprint density at radius 2 is 1.16 bits per heavy atom. The second-order valence-electron chi connectivity index (χ2n) is 4.86. The Morgan fingerprint density at radius 1 is 0.842 bits per heavy atom. The molecule has 0 aromatic rings. The molecule has 2 aliphatic rings. The molecule has 0 amide bonds. The van der Waals surface area contributed by atoms with Crippen LogP contribution < -0.4 is 0 Å². The summed E-state index contributed by atoms with van der Waals surface area (Å²) in [5, 5.41) is 0. The van der Waals surface area contributed by atoms with Gasteiger partial charge in [0.05, 0.1) is 39.3 Å². The van der Waals surface area contributed by atoms with Crippen LogP contribution in [0.25, 0.3) is 0 Å². The minimum absolute atomic E-state index is 0.128. The van der Waals surface area contributed by atoms with Crippen LogP contribution in [0.2, 0.25) is 0 Å². The van der Waals surface area contributed by atoms with Crippen LogP contribution in [-0.2, 0) is 33.3 Å². The third-order valence-electron chi connectivity index (χ3n) is 2.95. The van der Waals surface area contributed by atoms with E-state index >= 15 is 0 Å². The van der Waals surface area contributed by atoms with Crippen molar-refractivity contribution in [2.45, 2.75) is 38.3 Å². The van der Waals surface area contributed by atoms with Crippen LogP contribution in [0.4, 0.5) is 0 Å². The standard InChI is InChI=1S/C12H18O7/c1-11(15-3-4-16-11)7-9(13)19-10(14)8-12(2)17-5-6-18-12/h3-8H2,1-2H3. The Hall–Kier alpha value is -1.02. The molecule has 108 valence electrons. The first-order chi connectivity index (χ1) is 8.91. The van der Waals surface area contributed by atoms with Gasteiger partial charge in [0.15, 0.2) is 11.6 Å². The zero-order valence-electron chi connectivity index (χ0n) is 11.1. The van der Waals surface area contributed by atoms with Crippen molar-refractivity contribution in [1.29, 1.82) is 0 Å². The minimum atomic E-state index is -0.998. The van der Waals surface area contributed by atoms with Gasteiger partial charge in [0.25, 0.3) is 0 Å². The van der Waals surface area contributed by atoms with Crippen molar-refractivity contribution in [1.82, 2.24) is 0 Å². The molecule has 0 bridgehead atoms. The molecule has 0 unspecified atom stereocenters. The average molecular weight is 274 g/mol. The summed E-state index contributed by atoms with van der Waals surface area (Å²) in [6.07, 6.45) is -0.256. The SMILES string of the molecule is CC1(CC(=O)OC(=O)CC2(C)OCCO2)OCCO1. The third-order valence-corrected chi connectivity index (χ3v) is 2.95. The fraction of sp³-hybridized carbons (Fsp3) is 0.833. The van der Waals surface area contributed by atoms with Crippen molar-refractivity contribution in [2.75, 3.05) is 26.4 Å². The van der Waals surface area contributed by atoms with Crippen molar-refractivity contribution >= 4 is 11.9 Å². The summed E-state index contributed by atoms with van der Waals surface area (Å²) in [6.45, 7) is 4.98. The molecule has 2 rings (SSSR count). The van der Waals surface area contributed by atoms with E-state index in [1.807, 2.05) is 0 Å². The molecule has 2 heterocycles. The number of carbonyl (C=O) groups excluding carboxylic acids is 2. The van der Waals surface area contributed by atoms with E-state index in [1.165, 1.54) is 0 Å². The van der Waals surface area contributed by atoms with Crippen LogP contribution in [0.1, 0.15) is 26.7 Å². The van der Waals surface area contributed by atoms with Gasteiger partial charge in [0.2, 0.25) is 0 Å². The molecule has 19 heavy (non-hydrogen) atoms. The lowest BCUT2D eigenvalue weighted by Gasteiger charge is -2.22. The van der Waals surface area contributed by atoms with Crippen LogP contribution in [0, 0.1) is 0 Å². The van der Waals surface area contributed by atoms with E-state index < -0.39 is 23.5 Å². The highest BCUT2D eigenvalue weighted by atomic mass is 16.7. The summed E-state index contributed by atoms with van der Waals surface area (Å²) in [4.78, 5) is 23.2. The maximum absolute atomic E-state index is 11.6. The molecule has 0 atom stereocenters. The molecular formula is C12H18O7. The van der Waals surface area contributed by atoms with Crippen molar-refractivity contribution in [3.8, 4) is 0 Å². The molecule has 0 aromatic carbocycles. The highest BCUT2D eigenvalue weighted by Crippen LogP contribution is 2.25. The zero-order valence-corrected chi connectivity index (χ0v) is 11.1. The number of ether oxygens (including phenoxy) is 5. The number of hydrogen-bond donors (Lipinski definition) is 0. The van der Waals surface area contributed by atoms with Crippen LogP contribution in [-0.4, -0.2) is 49.9 Å². The Bertz CT molecular complexity index is 319. The average Bonchev–Trinajstić information content (AvgIpc) is 2.87. The number of carbonyl (C=O) groups is 2. The Balaban J connectivity index is 1.77. The summed E-state index contributed by atoms with van der Waals surface area (Å²) in [7, 11) is 0. The largest absolute Gasteiger partial charge is 0.393 e. The van der Waals surface area contributed by atoms with Gasteiger partial charge in [-0.15, -0.1) is 0 Å². The van der Waals surface area contributed by atoms with Gasteiger partial charge in [0.1, 0.15) is 0 Å². The van der Waals surface area contributed by atoms with Crippen molar-refractivity contribution in [3.05, 3.63) is 0 Å². The van der Waals surface area contributed by atoms with Gasteiger partial charge in [-0.1, -0.05) is 0 Å². The molecule has 7 nitrogen and oxygen atoms in total. The monoisotopic (exact) mass is 274 g/mol. The Kier molecular flexibility index (Phi) is 4.19. The van der Waals surface area contributed by atoms with Gasteiger partial charge in [0, 0.05) is 0 Å². The minimum Gasteiger partial charge on any atom is -0.393 e. The molecular weight excluding hydrogens is 256 g/mol. The molecule has 0 radical (unpaired) electrons. The maximum atomic E-state index is 11.6. The fourth-order valence-corrected chi connectivity index (χ4v) is 2.04. The highest BCUT2D eigenvalue weighted by molar-refractivity contribution is 5.86. The zero-order chi connectivity index (χ0) is 13.9. The lowest BCUT2D eigenvalue weighted by Crippen LogP contribution is -2.33. The van der Waals surface area contributed by atoms with Crippen LogP contribution >= 0.6 is 0 Å². The summed E-state index contributed by atoms with van der Waals surface area (Å²) in [5.41, 5.74) is 0. The number of hydrogen-bond acceptors (Lipinski definition) is 7. The molecule has 0 saturated carbocycles. The summed E-state index contributed by atoms with van der Waals surface area (Å²) in [5.74, 6) is -3.37. The quantitative estimate of drug-likeness (QED) is 0.541. The first-order valence-corrected chi connectivity index (χ1v) is 6.20. The van der Waals surface area contributed by atoms with Crippen LogP contribution in [0.3, 0.4) is 0 Å². The van der Waals surface area contributed by atoms with Gasteiger partial charge in [-0.2, -0.15) is 0 Å². The number of rotatable bonds is 4. The van der Waals surface area contributed by atoms with E-state index in [-0.39, 0.29) is 12.8 Å². The second kappa shape index (κ2) is 5.54. The molecule has 0 N–H and O–H groups in total. The second-order valence-corrected chi connectivity index (χ2v) is 4.86. The van der Waals surface area contributed by atoms with Gasteiger partial charge >= 0.3 is 11.9 Å². The predicted octanol–water partition coefficient (Wildman–Crippen LogP) is 0.362. The lowest BCUT2D eigenvalue weighted by atomic mass is 10.2. The van der Waals surface area contributed by atoms with E-state index in [0.717, 1.165) is 0 Å². The number of esters is 2. The molecule has 2 aliphatic heterocycles. The van der Waals surface area contributed by atoms with E-state index in [4.69, 9.17) is 23.7 Å². The first-order valence-electron chi connectivity index (χ1n) is 6.20. The molecule has 7 heteroatoms. The van der Waals surface area contributed by atoms with Crippen molar-refractivity contribution in [2.24, 2.45) is 0 Å². The molecule has 2 fully saturated rings. The Labute approximate surface area is 111 Å². The molecule has 0 aliphatic carbocycles. The van der Waals surface area contributed by atoms with Gasteiger partial charge in [-0.3, -0.25) is 9.59 Å².